The highest BCUT2D eigenvalue weighted by Crippen LogP contribution is 2.20. The van der Waals surface area contributed by atoms with E-state index in [9.17, 15) is 0 Å². The van der Waals surface area contributed by atoms with Gasteiger partial charge in [-0.15, -0.1) is 0 Å². The Hall–Kier alpha value is -0.0400. The molecule has 0 aromatic heterocycles. The number of rotatable bonds is 7. The minimum atomic E-state index is 0.718. The Kier molecular flexibility index (Phi) is 12.0. The van der Waals surface area contributed by atoms with Crippen molar-refractivity contribution in [3.8, 4) is 0 Å². The fourth-order valence-electron chi connectivity index (χ4n) is 3.01. The largest absolute Gasteiger partial charge is 0.311 e. The molecule has 0 aromatic rings. The molecule has 0 bridgehead atoms. The zero-order chi connectivity index (χ0) is 13.8. The molecule has 0 aliphatic heterocycles. The van der Waals surface area contributed by atoms with E-state index in [1.807, 2.05) is 13.8 Å². The number of hydrogen-bond acceptors (Lipinski definition) is 1. The lowest BCUT2D eigenvalue weighted by Gasteiger charge is -2.28. The van der Waals surface area contributed by atoms with E-state index in [0.29, 0.717) is 0 Å². The summed E-state index contributed by atoms with van der Waals surface area (Å²) < 4.78 is 0. The summed E-state index contributed by atoms with van der Waals surface area (Å²) >= 11 is 0. The zero-order valence-corrected chi connectivity index (χ0v) is 13.6. The minimum Gasteiger partial charge on any atom is -0.311 e. The average molecular weight is 255 g/mol. The molecule has 1 N–H and O–H groups in total. The molecule has 18 heavy (non-hydrogen) atoms. The predicted octanol–water partition coefficient (Wildman–Crippen LogP) is 5.54. The first-order chi connectivity index (χ1) is 8.72. The van der Waals surface area contributed by atoms with Gasteiger partial charge < -0.3 is 5.32 Å². The van der Waals surface area contributed by atoms with Crippen LogP contribution in [0.2, 0.25) is 0 Å². The van der Waals surface area contributed by atoms with Crippen molar-refractivity contribution in [1.29, 1.82) is 0 Å². The van der Waals surface area contributed by atoms with E-state index in [1.54, 1.807) is 0 Å². The van der Waals surface area contributed by atoms with Gasteiger partial charge in [-0.3, -0.25) is 0 Å². The Morgan fingerprint density at radius 3 is 2.22 bits per heavy atom. The van der Waals surface area contributed by atoms with Gasteiger partial charge in [-0.05, 0) is 32.1 Å². The van der Waals surface area contributed by atoms with Crippen LogP contribution in [0, 0.1) is 5.92 Å². The van der Waals surface area contributed by atoms with Gasteiger partial charge in [0.05, 0.1) is 0 Å². The van der Waals surface area contributed by atoms with Crippen LogP contribution in [-0.2, 0) is 0 Å². The average Bonchev–Trinajstić information content (AvgIpc) is 2.39. The fourth-order valence-corrected chi connectivity index (χ4v) is 3.01. The van der Waals surface area contributed by atoms with Gasteiger partial charge >= 0.3 is 0 Å². The van der Waals surface area contributed by atoms with E-state index in [4.69, 9.17) is 0 Å². The predicted molar refractivity (Wildman–Crippen MR) is 84.1 cm³/mol. The van der Waals surface area contributed by atoms with Gasteiger partial charge in [0.1, 0.15) is 0 Å². The van der Waals surface area contributed by atoms with E-state index < -0.39 is 0 Å². The van der Waals surface area contributed by atoms with Crippen molar-refractivity contribution in [2.45, 2.75) is 104 Å². The zero-order valence-electron chi connectivity index (χ0n) is 13.6. The molecule has 1 aliphatic rings. The monoisotopic (exact) mass is 255 g/mol. The highest BCUT2D eigenvalue weighted by molar-refractivity contribution is 4.76. The summed E-state index contributed by atoms with van der Waals surface area (Å²) in [7, 11) is 0. The summed E-state index contributed by atoms with van der Waals surface area (Å²) in [4.78, 5) is 0. The summed E-state index contributed by atoms with van der Waals surface area (Å²) in [5.41, 5.74) is 0. The van der Waals surface area contributed by atoms with Crippen LogP contribution in [0.1, 0.15) is 92.4 Å². The molecule has 0 radical (unpaired) electrons. The summed E-state index contributed by atoms with van der Waals surface area (Å²) in [5, 5.41) is 3.83. The molecule has 0 aromatic carbocycles. The second-order valence-electron chi connectivity index (χ2n) is 5.89. The maximum Gasteiger partial charge on any atom is 0.00695 e. The first-order valence-corrected chi connectivity index (χ1v) is 8.48. The molecule has 1 fully saturated rings. The Morgan fingerprint density at radius 2 is 1.67 bits per heavy atom. The Morgan fingerprint density at radius 1 is 1.06 bits per heavy atom. The van der Waals surface area contributed by atoms with E-state index in [0.717, 1.165) is 18.0 Å². The molecule has 1 nitrogen and oxygen atoms in total. The molecule has 0 amide bonds. The summed E-state index contributed by atoms with van der Waals surface area (Å²) in [6.45, 7) is 11.1. The van der Waals surface area contributed by atoms with Gasteiger partial charge in [0.2, 0.25) is 0 Å². The Labute approximate surface area is 116 Å². The quantitative estimate of drug-likeness (QED) is 0.630. The van der Waals surface area contributed by atoms with Gasteiger partial charge in [-0.2, -0.15) is 0 Å². The molecular formula is C17H37N. The smallest absolute Gasteiger partial charge is 0.00695 e. The summed E-state index contributed by atoms with van der Waals surface area (Å²) in [6.07, 6.45) is 12.7. The molecule has 0 saturated heterocycles. The van der Waals surface area contributed by atoms with Crippen LogP contribution in [0.25, 0.3) is 0 Å². The van der Waals surface area contributed by atoms with Crippen LogP contribution < -0.4 is 5.32 Å². The molecule has 1 saturated carbocycles. The molecule has 1 aliphatic carbocycles. The molecule has 0 heterocycles. The molecule has 2 atom stereocenters. The maximum atomic E-state index is 3.83. The third kappa shape index (κ3) is 8.97. The summed E-state index contributed by atoms with van der Waals surface area (Å²) in [5.74, 6) is 0.894. The maximum absolute atomic E-state index is 3.83. The van der Waals surface area contributed by atoms with Crippen molar-refractivity contribution >= 4 is 0 Å². The van der Waals surface area contributed by atoms with Crippen molar-refractivity contribution < 1.29 is 0 Å². The number of unbranched alkanes of at least 4 members (excludes halogenated alkanes) is 1. The number of nitrogens with one attached hydrogen (secondary N) is 1. The van der Waals surface area contributed by atoms with Crippen LogP contribution in [-0.4, -0.2) is 12.1 Å². The van der Waals surface area contributed by atoms with E-state index >= 15 is 0 Å². The van der Waals surface area contributed by atoms with Crippen molar-refractivity contribution in [2.24, 2.45) is 5.92 Å². The van der Waals surface area contributed by atoms with Crippen molar-refractivity contribution in [3.05, 3.63) is 0 Å². The minimum absolute atomic E-state index is 0.718. The first-order valence-electron chi connectivity index (χ1n) is 8.48. The number of hydrogen-bond donors (Lipinski definition) is 1. The second-order valence-corrected chi connectivity index (χ2v) is 5.89. The Bertz CT molecular complexity index is 161. The van der Waals surface area contributed by atoms with Crippen molar-refractivity contribution in [1.82, 2.24) is 5.32 Å². The van der Waals surface area contributed by atoms with Gasteiger partial charge in [0.15, 0.2) is 0 Å². The van der Waals surface area contributed by atoms with Crippen LogP contribution in [0.15, 0.2) is 0 Å². The van der Waals surface area contributed by atoms with Crippen LogP contribution in [0.4, 0.5) is 0 Å². The van der Waals surface area contributed by atoms with E-state index in [2.05, 4.69) is 26.1 Å². The van der Waals surface area contributed by atoms with Crippen LogP contribution in [0.5, 0.6) is 0 Å². The lowest BCUT2D eigenvalue weighted by atomic mass is 9.92. The van der Waals surface area contributed by atoms with E-state index in [1.165, 1.54) is 57.8 Å². The fraction of sp³-hybridized carbons (Fsp3) is 1.00. The molecule has 0 spiro atoms. The standard InChI is InChI=1S/C15H31N.C2H6/c1-4-5-9-13(2)12-14(3)16-15-10-7-6-8-11-15;1-2/h13-16H,4-12H2,1-3H3;1-2H3. The molecule has 2 unspecified atom stereocenters. The van der Waals surface area contributed by atoms with Gasteiger partial charge in [0, 0.05) is 12.1 Å². The SMILES string of the molecule is CC.CCCCC(C)CC(C)NC1CCCCC1. The third-order valence-electron chi connectivity index (χ3n) is 3.93. The van der Waals surface area contributed by atoms with Crippen molar-refractivity contribution in [2.75, 3.05) is 0 Å². The molecule has 1 heteroatoms. The lowest BCUT2D eigenvalue weighted by Crippen LogP contribution is -2.38. The van der Waals surface area contributed by atoms with Gasteiger partial charge in [-0.25, -0.2) is 0 Å². The van der Waals surface area contributed by atoms with Crippen LogP contribution in [0.3, 0.4) is 0 Å². The van der Waals surface area contributed by atoms with Crippen molar-refractivity contribution in [3.63, 3.8) is 0 Å². The first kappa shape index (κ1) is 18.0. The van der Waals surface area contributed by atoms with Gasteiger partial charge in [-0.1, -0.05) is 66.2 Å². The second kappa shape index (κ2) is 12.0. The third-order valence-corrected chi connectivity index (χ3v) is 3.93. The molecule has 110 valence electrons. The topological polar surface area (TPSA) is 12.0 Å². The van der Waals surface area contributed by atoms with Crippen LogP contribution >= 0.6 is 0 Å². The Balaban J connectivity index is 0.00000137. The summed E-state index contributed by atoms with van der Waals surface area (Å²) in [6, 6.07) is 1.54. The normalized spacial score (nSPS) is 19.8. The van der Waals surface area contributed by atoms with E-state index in [-0.39, 0.29) is 0 Å². The molecule has 1 rings (SSSR count). The molecular weight excluding hydrogens is 218 g/mol. The van der Waals surface area contributed by atoms with Gasteiger partial charge in [0.25, 0.3) is 0 Å². The highest BCUT2D eigenvalue weighted by atomic mass is 14.9. The highest BCUT2D eigenvalue weighted by Gasteiger charge is 2.16. The lowest BCUT2D eigenvalue weighted by molar-refractivity contribution is 0.311.